The van der Waals surface area contributed by atoms with E-state index in [0.29, 0.717) is 60.8 Å². The van der Waals surface area contributed by atoms with Crippen molar-refractivity contribution in [2.75, 3.05) is 26.4 Å². The predicted molar refractivity (Wildman–Crippen MR) is 245 cm³/mol. The van der Waals surface area contributed by atoms with Crippen molar-refractivity contribution in [3.8, 4) is 23.0 Å². The fourth-order valence-electron chi connectivity index (χ4n) is 7.44. The molecule has 0 saturated carbocycles. The Morgan fingerprint density at radius 2 is 0.781 bits per heavy atom. The second-order valence-electron chi connectivity index (χ2n) is 15.1. The average molecular weight is 893 g/mol. The fraction of sp³-hybridized carbons (Fsp3) is 0.160. The van der Waals surface area contributed by atoms with Crippen LogP contribution in [0.4, 0.5) is 0 Å². The summed E-state index contributed by atoms with van der Waals surface area (Å²) < 4.78 is 81.8. The van der Waals surface area contributed by atoms with E-state index in [4.69, 9.17) is 28.9 Å². The number of rotatable bonds is 10. The third-order valence-electron chi connectivity index (χ3n) is 10.7. The van der Waals surface area contributed by atoms with Crippen molar-refractivity contribution in [3.05, 3.63) is 192 Å². The first-order valence-electron chi connectivity index (χ1n) is 20.9. The van der Waals surface area contributed by atoms with Crippen LogP contribution in [-0.4, -0.2) is 53.2 Å². The van der Waals surface area contributed by atoms with Crippen LogP contribution < -0.4 is 28.4 Å². The van der Waals surface area contributed by atoms with Crippen LogP contribution in [0, 0.1) is 0 Å². The molecule has 4 heterocycles. The van der Waals surface area contributed by atoms with Crippen molar-refractivity contribution >= 4 is 41.9 Å². The minimum Gasteiger partial charge on any atom is -0.490 e. The van der Waals surface area contributed by atoms with Gasteiger partial charge in [-0.1, -0.05) is 109 Å². The second kappa shape index (κ2) is 18.9. The second-order valence-corrected chi connectivity index (χ2v) is 18.5. The molecule has 10 rings (SSSR count). The molecular formula is C50H44N4O8S2. The molecule has 0 spiro atoms. The zero-order chi connectivity index (χ0) is 43.9. The molecule has 2 N–H and O–H groups in total. The number of pyridine rings is 2. The zero-order valence-corrected chi connectivity index (χ0v) is 36.2. The monoisotopic (exact) mass is 892 g/mol. The third-order valence-corrected chi connectivity index (χ3v) is 13.5. The van der Waals surface area contributed by atoms with Gasteiger partial charge in [0, 0.05) is 35.7 Å². The number of benzene rings is 6. The third kappa shape index (κ3) is 9.70. The Labute approximate surface area is 372 Å². The minimum absolute atomic E-state index is 0.114. The van der Waals surface area contributed by atoms with Gasteiger partial charge in [0.15, 0.2) is 23.0 Å². The molecule has 6 aromatic carbocycles. The van der Waals surface area contributed by atoms with Gasteiger partial charge in [0.1, 0.15) is 0 Å². The van der Waals surface area contributed by atoms with Gasteiger partial charge >= 0.3 is 0 Å². The number of hydrogen-bond acceptors (Lipinski definition) is 10. The lowest BCUT2D eigenvalue weighted by Crippen LogP contribution is -2.30. The molecule has 0 fully saturated rings. The summed E-state index contributed by atoms with van der Waals surface area (Å²) in [5.74, 6) is 1.98. The van der Waals surface area contributed by atoms with E-state index in [9.17, 15) is 16.8 Å². The lowest BCUT2D eigenvalue weighted by molar-refractivity contribution is 0.296. The number of aromatic nitrogens is 2. The van der Waals surface area contributed by atoms with Crippen LogP contribution in [0.3, 0.4) is 0 Å². The van der Waals surface area contributed by atoms with Crippen LogP contribution in [0.15, 0.2) is 180 Å². The van der Waals surface area contributed by atoms with Crippen LogP contribution >= 0.6 is 0 Å². The highest BCUT2D eigenvalue weighted by atomic mass is 32.2. The predicted octanol–water partition coefficient (Wildman–Crippen LogP) is 8.93. The molecule has 12 nitrogen and oxygen atoms in total. The molecule has 2 aromatic heterocycles. The molecule has 64 heavy (non-hydrogen) atoms. The number of para-hydroxylation sites is 2. The maximum Gasteiger partial charge on any atom is 0.241 e. The van der Waals surface area contributed by atoms with E-state index in [2.05, 4.69) is 9.44 Å². The van der Waals surface area contributed by atoms with Crippen molar-refractivity contribution in [1.82, 2.24) is 19.4 Å². The van der Waals surface area contributed by atoms with Crippen LogP contribution in [0.25, 0.3) is 21.8 Å². The first kappa shape index (κ1) is 42.5. The van der Waals surface area contributed by atoms with Crippen molar-refractivity contribution < 1.29 is 35.8 Å². The summed E-state index contributed by atoms with van der Waals surface area (Å²) in [4.78, 5) is 9.71. The van der Waals surface area contributed by atoms with Gasteiger partial charge in [0.05, 0.1) is 70.7 Å². The van der Waals surface area contributed by atoms with E-state index in [0.717, 1.165) is 45.8 Å². The Bertz CT molecular complexity index is 2930. The normalized spacial score (nSPS) is 14.6. The molecule has 2 aliphatic rings. The highest BCUT2D eigenvalue weighted by Gasteiger charge is 2.28. The van der Waals surface area contributed by atoms with E-state index in [1.54, 1.807) is 12.1 Å². The van der Waals surface area contributed by atoms with Crippen molar-refractivity contribution in [2.24, 2.45) is 0 Å². The van der Waals surface area contributed by atoms with E-state index < -0.39 is 32.1 Å². The van der Waals surface area contributed by atoms with Gasteiger partial charge < -0.3 is 18.9 Å². The molecule has 0 aliphatic carbocycles. The summed E-state index contributed by atoms with van der Waals surface area (Å²) in [6.07, 6.45) is 1.50. The number of ether oxygens (including phenoxy) is 4. The standard InChI is InChI=1S/2C25H22N2O4S/c2*28-32(29,20-12-14-23-24(17-20)31-16-6-15-30-23)27-25(19-8-2-1-3-9-19)22-13-11-18-7-4-5-10-21(18)26-22/h2*1-5,7-14,17,25,27H,6,15-16H2/t2*25-/m10/s1. The van der Waals surface area contributed by atoms with E-state index in [1.807, 2.05) is 133 Å². The number of nitrogens with zero attached hydrogens (tertiary/aromatic N) is 2. The van der Waals surface area contributed by atoms with E-state index in [-0.39, 0.29) is 9.79 Å². The van der Waals surface area contributed by atoms with Gasteiger partial charge in [-0.2, -0.15) is 9.44 Å². The first-order chi connectivity index (χ1) is 31.2. The summed E-state index contributed by atoms with van der Waals surface area (Å²) in [6, 6.07) is 50.1. The SMILES string of the molecule is O=S(=O)(N[C@@H](c1ccccc1)c1ccc2ccccc2n1)c1ccc2c(c1)OCCCO2.O=S(=O)(N[C@H](c1ccccc1)c1ccc2ccccc2n1)c1ccc2c(c1)OCCCO2. The molecule has 8 aromatic rings. The van der Waals surface area contributed by atoms with Gasteiger partial charge in [-0.25, -0.2) is 16.8 Å². The van der Waals surface area contributed by atoms with Crippen LogP contribution in [0.1, 0.15) is 47.4 Å². The molecule has 14 heteroatoms. The molecule has 0 amide bonds. The molecule has 0 saturated heterocycles. The van der Waals surface area contributed by atoms with Gasteiger partial charge in [-0.05, 0) is 59.7 Å². The van der Waals surface area contributed by atoms with Gasteiger partial charge in [-0.15, -0.1) is 0 Å². The molecule has 0 radical (unpaired) electrons. The van der Waals surface area contributed by atoms with Crippen LogP contribution in [-0.2, 0) is 20.0 Å². The van der Waals surface area contributed by atoms with Crippen molar-refractivity contribution in [1.29, 1.82) is 0 Å². The topological polar surface area (TPSA) is 155 Å². The Hall–Kier alpha value is -6.84. The van der Waals surface area contributed by atoms with Crippen LogP contribution in [0.2, 0.25) is 0 Å². The molecule has 0 bridgehead atoms. The largest absolute Gasteiger partial charge is 0.490 e. The Morgan fingerprint density at radius 1 is 0.406 bits per heavy atom. The highest BCUT2D eigenvalue weighted by Crippen LogP contribution is 2.35. The summed E-state index contributed by atoms with van der Waals surface area (Å²) in [7, 11) is -7.76. The quantitative estimate of drug-likeness (QED) is 0.136. The number of sulfonamides is 2. The van der Waals surface area contributed by atoms with Crippen molar-refractivity contribution in [2.45, 2.75) is 34.7 Å². The van der Waals surface area contributed by atoms with Crippen molar-refractivity contribution in [3.63, 3.8) is 0 Å². The Kier molecular flexibility index (Phi) is 12.5. The molecule has 0 unspecified atom stereocenters. The van der Waals surface area contributed by atoms with E-state index >= 15 is 0 Å². The van der Waals surface area contributed by atoms with Crippen LogP contribution in [0.5, 0.6) is 23.0 Å². The smallest absolute Gasteiger partial charge is 0.241 e. The number of hydrogen-bond donors (Lipinski definition) is 2. The molecule has 324 valence electrons. The lowest BCUT2D eigenvalue weighted by atomic mass is 10.0. The Morgan fingerprint density at radius 3 is 1.20 bits per heavy atom. The highest BCUT2D eigenvalue weighted by molar-refractivity contribution is 7.89. The molecular weight excluding hydrogens is 849 g/mol. The van der Waals surface area contributed by atoms with Gasteiger partial charge in [0.25, 0.3) is 0 Å². The Balaban J connectivity index is 0.000000162. The summed E-state index contributed by atoms with van der Waals surface area (Å²) in [5, 5.41) is 1.99. The summed E-state index contributed by atoms with van der Waals surface area (Å²) >= 11 is 0. The average Bonchev–Trinajstić information content (AvgIpc) is 3.73. The zero-order valence-electron chi connectivity index (χ0n) is 34.5. The lowest BCUT2D eigenvalue weighted by Gasteiger charge is -2.20. The maximum atomic E-state index is 13.4. The summed E-state index contributed by atoms with van der Waals surface area (Å²) in [5.41, 5.74) is 4.45. The molecule has 2 aliphatic heterocycles. The first-order valence-corrected chi connectivity index (χ1v) is 23.8. The number of nitrogens with one attached hydrogen (secondary N) is 2. The van der Waals surface area contributed by atoms with Gasteiger partial charge in [-0.3, -0.25) is 9.97 Å². The van der Waals surface area contributed by atoms with E-state index in [1.165, 1.54) is 24.3 Å². The maximum absolute atomic E-state index is 13.4. The minimum atomic E-state index is -3.88. The van der Waals surface area contributed by atoms with Gasteiger partial charge in [0.2, 0.25) is 20.0 Å². The number of fused-ring (bicyclic) bond motifs is 4. The molecule has 2 atom stereocenters. The fourth-order valence-corrected chi connectivity index (χ4v) is 9.87. The summed E-state index contributed by atoms with van der Waals surface area (Å²) in [6.45, 7) is 2.05.